The van der Waals surface area contributed by atoms with E-state index in [1.807, 2.05) is 24.3 Å². The minimum atomic E-state index is -0.337. The third-order valence-corrected chi connectivity index (χ3v) is 2.96. The third-order valence-electron chi connectivity index (χ3n) is 2.96. The Hall–Kier alpha value is -2.08. The summed E-state index contributed by atoms with van der Waals surface area (Å²) in [4.78, 5) is 24.3. The van der Waals surface area contributed by atoms with Gasteiger partial charge in [-0.1, -0.05) is 18.2 Å². The minimum absolute atomic E-state index is 0.0293. The second kappa shape index (κ2) is 8.16. The quantitative estimate of drug-likeness (QED) is 0.722. The van der Waals surface area contributed by atoms with Gasteiger partial charge in [-0.15, -0.1) is 0 Å². The van der Waals surface area contributed by atoms with E-state index in [2.05, 4.69) is 5.32 Å². The number of hydrogen-bond acceptors (Lipinski definition) is 4. The molecule has 0 radical (unpaired) electrons. The van der Waals surface area contributed by atoms with Crippen molar-refractivity contribution < 1.29 is 14.3 Å². The van der Waals surface area contributed by atoms with Gasteiger partial charge in [0.05, 0.1) is 20.2 Å². The number of methoxy groups -OCH3 is 1. The molecule has 1 rings (SSSR count). The number of nitrogens with zero attached hydrogens (tertiary/aromatic N) is 1. The zero-order valence-corrected chi connectivity index (χ0v) is 11.9. The van der Waals surface area contributed by atoms with Crippen molar-refractivity contribution in [1.29, 1.82) is 0 Å². The highest BCUT2D eigenvalue weighted by Crippen LogP contribution is 2.17. The molecule has 0 spiro atoms. The standard InChI is InChI=1S/C14H21N3O3/c1-17(14(19)10-16-13(18)9-15)8-7-11-5-3-4-6-12(11)20-2/h3-6H,7-10,15H2,1-2H3,(H,16,18). The van der Waals surface area contributed by atoms with E-state index in [0.717, 1.165) is 11.3 Å². The molecule has 6 nitrogen and oxygen atoms in total. The number of ether oxygens (including phenoxy) is 1. The fourth-order valence-electron chi connectivity index (χ4n) is 1.70. The Morgan fingerprint density at radius 3 is 2.70 bits per heavy atom. The molecule has 0 aliphatic carbocycles. The average Bonchev–Trinajstić information content (AvgIpc) is 2.49. The van der Waals surface area contributed by atoms with Crippen molar-refractivity contribution in [2.45, 2.75) is 6.42 Å². The van der Waals surface area contributed by atoms with E-state index in [0.29, 0.717) is 13.0 Å². The molecular formula is C14H21N3O3. The highest BCUT2D eigenvalue weighted by molar-refractivity contribution is 5.85. The lowest BCUT2D eigenvalue weighted by atomic mass is 10.1. The molecule has 0 saturated heterocycles. The molecule has 3 N–H and O–H groups in total. The van der Waals surface area contributed by atoms with Gasteiger partial charge in [-0.2, -0.15) is 0 Å². The molecule has 2 amide bonds. The largest absolute Gasteiger partial charge is 0.496 e. The Balaban J connectivity index is 2.44. The van der Waals surface area contributed by atoms with E-state index in [1.165, 1.54) is 0 Å². The molecule has 0 heterocycles. The number of nitrogens with two attached hydrogens (primary N) is 1. The first-order valence-corrected chi connectivity index (χ1v) is 6.41. The van der Waals surface area contributed by atoms with Crippen molar-refractivity contribution in [3.63, 3.8) is 0 Å². The van der Waals surface area contributed by atoms with Gasteiger partial charge in [0.15, 0.2) is 0 Å². The Bertz CT molecular complexity index is 463. The Kier molecular flexibility index (Phi) is 6.52. The van der Waals surface area contributed by atoms with E-state index in [-0.39, 0.29) is 24.9 Å². The van der Waals surface area contributed by atoms with Gasteiger partial charge in [-0.25, -0.2) is 0 Å². The lowest BCUT2D eigenvalue weighted by molar-refractivity contribution is -0.131. The molecule has 0 aliphatic heterocycles. The van der Waals surface area contributed by atoms with Crippen LogP contribution in [0.4, 0.5) is 0 Å². The van der Waals surface area contributed by atoms with Gasteiger partial charge >= 0.3 is 0 Å². The van der Waals surface area contributed by atoms with Gasteiger partial charge in [0, 0.05) is 13.6 Å². The lowest BCUT2D eigenvalue weighted by Gasteiger charge is -2.18. The first kappa shape index (κ1) is 16.0. The van der Waals surface area contributed by atoms with Gasteiger partial charge in [0.2, 0.25) is 11.8 Å². The summed E-state index contributed by atoms with van der Waals surface area (Å²) in [5.74, 6) is 0.322. The van der Waals surface area contributed by atoms with Gasteiger partial charge < -0.3 is 20.7 Å². The molecule has 1 aromatic carbocycles. The summed E-state index contributed by atoms with van der Waals surface area (Å²) in [6, 6.07) is 7.69. The molecule has 1 aromatic rings. The fraction of sp³-hybridized carbons (Fsp3) is 0.429. The maximum Gasteiger partial charge on any atom is 0.241 e. The molecule has 0 atom stereocenters. The normalized spacial score (nSPS) is 9.95. The predicted octanol–water partition coefficient (Wildman–Crippen LogP) is -0.229. The molecule has 0 saturated carbocycles. The molecule has 0 fully saturated rings. The second-order valence-electron chi connectivity index (χ2n) is 4.36. The number of amides is 2. The first-order chi connectivity index (χ1) is 9.58. The van der Waals surface area contributed by atoms with Crippen LogP contribution in [0.1, 0.15) is 5.56 Å². The highest BCUT2D eigenvalue weighted by atomic mass is 16.5. The van der Waals surface area contributed by atoms with Crippen molar-refractivity contribution in [1.82, 2.24) is 10.2 Å². The fourth-order valence-corrected chi connectivity index (χ4v) is 1.70. The van der Waals surface area contributed by atoms with Crippen LogP contribution in [0.25, 0.3) is 0 Å². The molecule has 6 heteroatoms. The summed E-state index contributed by atoms with van der Waals surface area (Å²) in [7, 11) is 3.32. The number of hydrogen-bond donors (Lipinski definition) is 2. The highest BCUT2D eigenvalue weighted by Gasteiger charge is 2.11. The topological polar surface area (TPSA) is 84.7 Å². The Morgan fingerprint density at radius 2 is 2.05 bits per heavy atom. The SMILES string of the molecule is COc1ccccc1CCN(C)C(=O)CNC(=O)CN. The molecule has 0 unspecified atom stereocenters. The number of benzene rings is 1. The van der Waals surface area contributed by atoms with Crippen molar-refractivity contribution in [2.75, 3.05) is 33.8 Å². The monoisotopic (exact) mass is 279 g/mol. The third kappa shape index (κ3) is 4.89. The Labute approximate surface area is 118 Å². The molecule has 0 aromatic heterocycles. The van der Waals surface area contributed by atoms with Crippen LogP contribution in [0.2, 0.25) is 0 Å². The average molecular weight is 279 g/mol. The van der Waals surface area contributed by atoms with Crippen molar-refractivity contribution in [3.05, 3.63) is 29.8 Å². The number of carbonyl (C=O) groups is 2. The van der Waals surface area contributed by atoms with E-state index in [1.54, 1.807) is 19.1 Å². The smallest absolute Gasteiger partial charge is 0.241 e. The first-order valence-electron chi connectivity index (χ1n) is 6.41. The molecule has 110 valence electrons. The zero-order chi connectivity index (χ0) is 15.0. The number of likely N-dealkylation sites (N-methyl/N-ethyl adjacent to an activating group) is 1. The summed E-state index contributed by atoms with van der Waals surface area (Å²) in [5, 5.41) is 2.45. The van der Waals surface area contributed by atoms with Crippen LogP contribution >= 0.6 is 0 Å². The maximum absolute atomic E-state index is 11.8. The summed E-state index contributed by atoms with van der Waals surface area (Å²) in [5.41, 5.74) is 6.19. The van der Waals surface area contributed by atoms with Crippen LogP contribution in [0.3, 0.4) is 0 Å². The van der Waals surface area contributed by atoms with Crippen LogP contribution in [-0.2, 0) is 16.0 Å². The van der Waals surface area contributed by atoms with E-state index in [9.17, 15) is 9.59 Å². The minimum Gasteiger partial charge on any atom is -0.496 e. The molecular weight excluding hydrogens is 258 g/mol. The van der Waals surface area contributed by atoms with Crippen LogP contribution in [0.5, 0.6) is 5.75 Å². The lowest BCUT2D eigenvalue weighted by Crippen LogP contribution is -2.40. The molecule has 20 heavy (non-hydrogen) atoms. The van der Waals surface area contributed by atoms with E-state index >= 15 is 0 Å². The van der Waals surface area contributed by atoms with E-state index < -0.39 is 0 Å². The maximum atomic E-state index is 11.8. The number of carbonyl (C=O) groups excluding carboxylic acids is 2. The summed E-state index contributed by atoms with van der Waals surface area (Å²) >= 11 is 0. The summed E-state index contributed by atoms with van der Waals surface area (Å²) in [6.45, 7) is 0.411. The van der Waals surface area contributed by atoms with Crippen LogP contribution in [0, 0.1) is 0 Å². The number of rotatable bonds is 7. The van der Waals surface area contributed by atoms with Crippen LogP contribution in [0.15, 0.2) is 24.3 Å². The van der Waals surface area contributed by atoms with Gasteiger partial charge in [-0.3, -0.25) is 9.59 Å². The molecule has 0 bridgehead atoms. The second-order valence-corrected chi connectivity index (χ2v) is 4.36. The van der Waals surface area contributed by atoms with Gasteiger partial charge in [0.25, 0.3) is 0 Å². The zero-order valence-electron chi connectivity index (χ0n) is 11.9. The van der Waals surface area contributed by atoms with Crippen molar-refractivity contribution in [3.8, 4) is 5.75 Å². The van der Waals surface area contributed by atoms with Crippen molar-refractivity contribution in [2.24, 2.45) is 5.73 Å². The van der Waals surface area contributed by atoms with Crippen molar-refractivity contribution >= 4 is 11.8 Å². The van der Waals surface area contributed by atoms with Gasteiger partial charge in [0.1, 0.15) is 5.75 Å². The Morgan fingerprint density at radius 1 is 1.35 bits per heavy atom. The van der Waals surface area contributed by atoms with Crippen LogP contribution in [-0.4, -0.2) is 50.5 Å². The predicted molar refractivity (Wildman–Crippen MR) is 76.4 cm³/mol. The van der Waals surface area contributed by atoms with E-state index in [4.69, 9.17) is 10.5 Å². The van der Waals surface area contributed by atoms with Crippen LogP contribution < -0.4 is 15.8 Å². The summed E-state index contributed by atoms with van der Waals surface area (Å²) in [6.07, 6.45) is 0.692. The molecule has 0 aliphatic rings. The summed E-state index contributed by atoms with van der Waals surface area (Å²) < 4.78 is 5.26. The number of nitrogens with one attached hydrogen (secondary N) is 1. The van der Waals surface area contributed by atoms with Gasteiger partial charge in [-0.05, 0) is 18.1 Å². The number of para-hydroxylation sites is 1.